The highest BCUT2D eigenvalue weighted by Gasteiger charge is 2.37. The van der Waals surface area contributed by atoms with Crippen molar-refractivity contribution in [3.05, 3.63) is 42.0 Å². The van der Waals surface area contributed by atoms with E-state index in [1.165, 1.54) is 11.8 Å². The lowest BCUT2D eigenvalue weighted by atomic mass is 10.0. The lowest BCUT2D eigenvalue weighted by Gasteiger charge is -2.26. The van der Waals surface area contributed by atoms with Crippen molar-refractivity contribution in [2.75, 3.05) is 0 Å². The van der Waals surface area contributed by atoms with Crippen molar-refractivity contribution < 1.29 is 14.4 Å². The monoisotopic (exact) mass is 285 g/mol. The van der Waals surface area contributed by atoms with Crippen LogP contribution in [0.1, 0.15) is 49.0 Å². The topological polar surface area (TPSA) is 54.5 Å². The predicted molar refractivity (Wildman–Crippen MR) is 80.6 cm³/mol. The molecule has 1 aromatic rings. The quantitative estimate of drug-likeness (QED) is 0.807. The first-order valence-electron chi connectivity index (χ1n) is 7.11. The van der Waals surface area contributed by atoms with Gasteiger partial charge >= 0.3 is 0 Å². The zero-order valence-corrected chi connectivity index (χ0v) is 12.4. The minimum absolute atomic E-state index is 0.0935. The number of nitrogens with zero attached hydrogens (tertiary/aromatic N) is 1. The van der Waals surface area contributed by atoms with Gasteiger partial charge in [0.05, 0.1) is 6.04 Å². The zero-order valence-electron chi connectivity index (χ0n) is 12.4. The van der Waals surface area contributed by atoms with E-state index in [4.69, 9.17) is 0 Å². The summed E-state index contributed by atoms with van der Waals surface area (Å²) in [6.45, 7) is 7.19. The highest BCUT2D eigenvalue weighted by atomic mass is 16.2. The van der Waals surface area contributed by atoms with Crippen molar-refractivity contribution in [2.24, 2.45) is 0 Å². The third-order valence-corrected chi connectivity index (χ3v) is 3.85. The fourth-order valence-electron chi connectivity index (χ4n) is 2.62. The standard InChI is InChI=1S/C17H19NO3/c1-4-13(20)9-10-16(12(3)19)18-11(2)14-7-5-6-8-15(14)17(18)21/h5-8,16H,2,4,9-10H2,1,3H3. The van der Waals surface area contributed by atoms with Crippen molar-refractivity contribution in [2.45, 2.75) is 39.2 Å². The Hall–Kier alpha value is -2.23. The van der Waals surface area contributed by atoms with E-state index in [1.54, 1.807) is 19.1 Å². The van der Waals surface area contributed by atoms with Crippen LogP contribution in [0.2, 0.25) is 0 Å². The van der Waals surface area contributed by atoms with E-state index in [1.807, 2.05) is 12.1 Å². The Balaban J connectivity index is 2.27. The van der Waals surface area contributed by atoms with Crippen molar-refractivity contribution in [1.29, 1.82) is 0 Å². The van der Waals surface area contributed by atoms with Crippen LogP contribution in [0.5, 0.6) is 0 Å². The number of hydrogen-bond donors (Lipinski definition) is 0. The summed E-state index contributed by atoms with van der Waals surface area (Å²) in [5.74, 6) is -0.239. The maximum atomic E-state index is 12.5. The van der Waals surface area contributed by atoms with Crippen LogP contribution >= 0.6 is 0 Å². The maximum absolute atomic E-state index is 12.5. The molecule has 21 heavy (non-hydrogen) atoms. The highest BCUT2D eigenvalue weighted by molar-refractivity contribution is 6.11. The van der Waals surface area contributed by atoms with Gasteiger partial charge in [0, 0.05) is 29.7 Å². The number of carbonyl (C=O) groups is 3. The van der Waals surface area contributed by atoms with E-state index in [2.05, 4.69) is 6.58 Å². The second-order valence-corrected chi connectivity index (χ2v) is 5.22. The van der Waals surface area contributed by atoms with Crippen LogP contribution in [0.25, 0.3) is 5.70 Å². The molecule has 1 amide bonds. The number of Topliss-reactive ketones (excluding diaryl/α,β-unsaturated/α-hetero) is 2. The first kappa shape index (κ1) is 15.2. The molecule has 2 rings (SSSR count). The molecule has 0 fully saturated rings. The van der Waals surface area contributed by atoms with Gasteiger partial charge in [-0.2, -0.15) is 0 Å². The molecular weight excluding hydrogens is 266 g/mol. The Morgan fingerprint density at radius 2 is 1.86 bits per heavy atom. The molecule has 0 aliphatic carbocycles. The minimum atomic E-state index is -0.618. The maximum Gasteiger partial charge on any atom is 0.259 e. The third kappa shape index (κ3) is 2.79. The van der Waals surface area contributed by atoms with Gasteiger partial charge < -0.3 is 0 Å². The van der Waals surface area contributed by atoms with Gasteiger partial charge in [0.1, 0.15) is 5.78 Å². The normalized spacial score (nSPS) is 15.0. The Morgan fingerprint density at radius 1 is 1.24 bits per heavy atom. The van der Waals surface area contributed by atoms with Crippen LogP contribution in [-0.4, -0.2) is 28.4 Å². The number of carbonyl (C=O) groups excluding carboxylic acids is 3. The number of amides is 1. The summed E-state index contributed by atoms with van der Waals surface area (Å²) in [7, 11) is 0. The number of ketones is 2. The molecular formula is C17H19NO3. The summed E-state index contributed by atoms with van der Waals surface area (Å²) >= 11 is 0. The SMILES string of the molecule is C=C1c2ccccc2C(=O)N1C(CCC(=O)CC)C(C)=O. The fraction of sp³-hybridized carbons (Fsp3) is 0.353. The average molecular weight is 285 g/mol. The van der Waals surface area contributed by atoms with Crippen molar-refractivity contribution in [3.63, 3.8) is 0 Å². The Kier molecular flexibility index (Phi) is 4.36. The molecule has 0 radical (unpaired) electrons. The molecule has 1 aliphatic rings. The number of hydrogen-bond acceptors (Lipinski definition) is 3. The first-order chi connectivity index (χ1) is 9.97. The van der Waals surface area contributed by atoms with Crippen LogP contribution < -0.4 is 0 Å². The summed E-state index contributed by atoms with van der Waals surface area (Å²) in [6, 6.07) is 6.57. The van der Waals surface area contributed by atoms with Crippen LogP contribution in [0, 0.1) is 0 Å². The summed E-state index contributed by atoms with van der Waals surface area (Å²) in [5.41, 5.74) is 1.87. The molecule has 0 bridgehead atoms. The van der Waals surface area contributed by atoms with Gasteiger partial charge in [-0.15, -0.1) is 0 Å². The first-order valence-corrected chi connectivity index (χ1v) is 7.11. The Labute approximate surface area is 124 Å². The largest absolute Gasteiger partial charge is 0.300 e. The average Bonchev–Trinajstić information content (AvgIpc) is 2.72. The molecule has 0 saturated carbocycles. The van der Waals surface area contributed by atoms with Gasteiger partial charge in [-0.05, 0) is 19.4 Å². The van der Waals surface area contributed by atoms with Gasteiger partial charge in [0.15, 0.2) is 5.78 Å². The van der Waals surface area contributed by atoms with E-state index in [0.717, 1.165) is 5.56 Å². The number of rotatable bonds is 6. The summed E-state index contributed by atoms with van der Waals surface area (Å²) in [5, 5.41) is 0. The Morgan fingerprint density at radius 3 is 2.38 bits per heavy atom. The molecule has 110 valence electrons. The van der Waals surface area contributed by atoms with E-state index in [0.29, 0.717) is 30.5 Å². The number of benzene rings is 1. The molecule has 1 aliphatic heterocycles. The van der Waals surface area contributed by atoms with E-state index in [9.17, 15) is 14.4 Å². The molecule has 1 atom stereocenters. The summed E-state index contributed by atoms with van der Waals surface area (Å²) in [6.07, 6.45) is 1.09. The molecule has 1 heterocycles. The van der Waals surface area contributed by atoms with E-state index >= 15 is 0 Å². The molecule has 4 nitrogen and oxygen atoms in total. The third-order valence-electron chi connectivity index (χ3n) is 3.85. The molecule has 0 saturated heterocycles. The molecule has 1 unspecified atom stereocenters. The van der Waals surface area contributed by atoms with Gasteiger partial charge in [-0.1, -0.05) is 31.7 Å². The zero-order chi connectivity index (χ0) is 15.6. The molecule has 0 spiro atoms. The van der Waals surface area contributed by atoms with Crippen molar-refractivity contribution >= 4 is 23.2 Å². The van der Waals surface area contributed by atoms with Gasteiger partial charge in [0.25, 0.3) is 5.91 Å². The number of fused-ring (bicyclic) bond motifs is 1. The van der Waals surface area contributed by atoms with Gasteiger partial charge in [-0.3, -0.25) is 19.3 Å². The smallest absolute Gasteiger partial charge is 0.259 e. The van der Waals surface area contributed by atoms with Crippen molar-refractivity contribution in [1.82, 2.24) is 4.90 Å². The molecule has 4 heteroatoms. The van der Waals surface area contributed by atoms with E-state index in [-0.39, 0.29) is 17.5 Å². The van der Waals surface area contributed by atoms with Crippen molar-refractivity contribution in [3.8, 4) is 0 Å². The minimum Gasteiger partial charge on any atom is -0.300 e. The lowest BCUT2D eigenvalue weighted by molar-refractivity contribution is -0.121. The van der Waals surface area contributed by atoms with Crippen LogP contribution in [0.3, 0.4) is 0 Å². The highest BCUT2D eigenvalue weighted by Crippen LogP contribution is 2.34. The van der Waals surface area contributed by atoms with Crippen LogP contribution in [-0.2, 0) is 9.59 Å². The molecule has 1 aromatic carbocycles. The lowest BCUT2D eigenvalue weighted by Crippen LogP contribution is -2.40. The summed E-state index contributed by atoms with van der Waals surface area (Å²) < 4.78 is 0. The van der Waals surface area contributed by atoms with Crippen LogP contribution in [0.4, 0.5) is 0 Å². The molecule has 0 N–H and O–H groups in total. The molecule has 0 aromatic heterocycles. The summed E-state index contributed by atoms with van der Waals surface area (Å²) in [4.78, 5) is 37.4. The predicted octanol–water partition coefficient (Wildman–Crippen LogP) is 2.83. The van der Waals surface area contributed by atoms with Crippen LogP contribution in [0.15, 0.2) is 30.8 Å². The Bertz CT molecular complexity index is 583. The van der Waals surface area contributed by atoms with Gasteiger partial charge in [-0.25, -0.2) is 0 Å². The fourth-order valence-corrected chi connectivity index (χ4v) is 2.62. The second-order valence-electron chi connectivity index (χ2n) is 5.22. The van der Waals surface area contributed by atoms with Gasteiger partial charge in [0.2, 0.25) is 0 Å². The van der Waals surface area contributed by atoms with E-state index < -0.39 is 6.04 Å². The second kappa shape index (κ2) is 6.04.